The van der Waals surface area contributed by atoms with E-state index in [9.17, 15) is 24.5 Å². The van der Waals surface area contributed by atoms with Gasteiger partial charge in [0.25, 0.3) is 0 Å². The molecule has 1 aliphatic rings. The maximum absolute atomic E-state index is 12.8. The standard InChI is InChI=1S/C17H23FN2O4/c1-2-12(22)8-13-16(23)17(24)14(10-21)20(13)7-3-4-11-5-6-15(18)19-9-11/h3-6,9,13-14,16-17,21,23-24H,2,7-8,10H2,1H3/b4-3+/t13?,14-,16-,17-/m1/s1. The van der Waals surface area contributed by atoms with Crippen LogP contribution in [0, 0.1) is 5.95 Å². The van der Waals surface area contributed by atoms with Crippen LogP contribution in [0.1, 0.15) is 25.3 Å². The number of aliphatic hydroxyl groups is 3. The molecule has 1 aliphatic heterocycles. The van der Waals surface area contributed by atoms with Crippen LogP contribution in [0.3, 0.4) is 0 Å². The summed E-state index contributed by atoms with van der Waals surface area (Å²) in [7, 11) is 0. The van der Waals surface area contributed by atoms with Crippen LogP contribution in [0.25, 0.3) is 6.08 Å². The number of rotatable bonds is 7. The van der Waals surface area contributed by atoms with Crippen molar-refractivity contribution in [2.75, 3.05) is 13.2 Å². The Morgan fingerprint density at radius 2 is 2.04 bits per heavy atom. The average molecular weight is 338 g/mol. The molecule has 3 N–H and O–H groups in total. The SMILES string of the molecule is CCC(=O)CC1[C@@H](O)[C@H](O)[C@@H](CO)N1C/C=C/c1ccc(F)nc1. The van der Waals surface area contributed by atoms with E-state index in [0.717, 1.165) is 0 Å². The number of Topliss-reactive ketones (excluding diaryl/α,β-unsaturated/α-hetero) is 1. The topological polar surface area (TPSA) is 93.9 Å². The molecule has 6 nitrogen and oxygen atoms in total. The quantitative estimate of drug-likeness (QED) is 0.622. The second kappa shape index (κ2) is 8.43. The van der Waals surface area contributed by atoms with Gasteiger partial charge in [-0.25, -0.2) is 4.98 Å². The van der Waals surface area contributed by atoms with Crippen molar-refractivity contribution in [1.29, 1.82) is 0 Å². The lowest BCUT2D eigenvalue weighted by molar-refractivity contribution is -0.120. The fraction of sp³-hybridized carbons (Fsp3) is 0.529. The Labute approximate surface area is 140 Å². The van der Waals surface area contributed by atoms with E-state index in [4.69, 9.17) is 0 Å². The number of hydrogen-bond donors (Lipinski definition) is 3. The van der Waals surface area contributed by atoms with Gasteiger partial charge in [-0.2, -0.15) is 4.39 Å². The number of ketones is 1. The summed E-state index contributed by atoms with van der Waals surface area (Å²) >= 11 is 0. The number of nitrogens with zero attached hydrogens (tertiary/aromatic N) is 2. The third-order valence-electron chi connectivity index (χ3n) is 4.39. The summed E-state index contributed by atoms with van der Waals surface area (Å²) in [5.41, 5.74) is 0.707. The molecule has 0 aromatic carbocycles. The molecule has 0 amide bonds. The third-order valence-corrected chi connectivity index (χ3v) is 4.39. The van der Waals surface area contributed by atoms with E-state index in [2.05, 4.69) is 4.98 Å². The zero-order chi connectivity index (χ0) is 17.7. The predicted molar refractivity (Wildman–Crippen MR) is 86.5 cm³/mol. The van der Waals surface area contributed by atoms with Crippen LogP contribution >= 0.6 is 0 Å². The fourth-order valence-corrected chi connectivity index (χ4v) is 2.99. The molecule has 0 saturated carbocycles. The van der Waals surface area contributed by atoms with Gasteiger partial charge in [-0.1, -0.05) is 19.1 Å². The number of carbonyl (C=O) groups is 1. The molecule has 1 fully saturated rings. The molecule has 132 valence electrons. The Balaban J connectivity index is 2.10. The second-order valence-corrected chi connectivity index (χ2v) is 5.91. The molecule has 0 bridgehead atoms. The molecule has 2 heterocycles. The molecule has 0 radical (unpaired) electrons. The number of hydrogen-bond acceptors (Lipinski definition) is 6. The second-order valence-electron chi connectivity index (χ2n) is 5.91. The van der Waals surface area contributed by atoms with E-state index in [0.29, 0.717) is 18.5 Å². The first-order valence-electron chi connectivity index (χ1n) is 8.00. The van der Waals surface area contributed by atoms with Crippen molar-refractivity contribution in [2.24, 2.45) is 0 Å². The first-order valence-corrected chi connectivity index (χ1v) is 8.00. The fourth-order valence-electron chi connectivity index (χ4n) is 2.99. The molecular formula is C17H23FN2O4. The molecular weight excluding hydrogens is 315 g/mol. The van der Waals surface area contributed by atoms with Crippen molar-refractivity contribution < 1.29 is 24.5 Å². The van der Waals surface area contributed by atoms with Gasteiger partial charge in [-0.05, 0) is 17.7 Å². The Hall–Kier alpha value is -1.67. The van der Waals surface area contributed by atoms with Gasteiger partial charge in [0.2, 0.25) is 5.95 Å². The van der Waals surface area contributed by atoms with E-state index in [1.807, 2.05) is 0 Å². The van der Waals surface area contributed by atoms with Gasteiger partial charge in [-0.15, -0.1) is 0 Å². The molecule has 1 aromatic heterocycles. The van der Waals surface area contributed by atoms with Crippen LogP contribution < -0.4 is 0 Å². The maximum atomic E-state index is 12.8. The predicted octanol–water partition coefficient (Wildman–Crippen LogP) is 0.370. The monoisotopic (exact) mass is 338 g/mol. The Morgan fingerprint density at radius 3 is 2.62 bits per heavy atom. The van der Waals surface area contributed by atoms with Crippen LogP contribution in [0.4, 0.5) is 4.39 Å². The van der Waals surface area contributed by atoms with E-state index < -0.39 is 30.2 Å². The van der Waals surface area contributed by atoms with Crippen LogP contribution in [0.5, 0.6) is 0 Å². The highest BCUT2D eigenvalue weighted by atomic mass is 19.1. The molecule has 1 unspecified atom stereocenters. The summed E-state index contributed by atoms with van der Waals surface area (Å²) in [5.74, 6) is -0.571. The number of halogens is 1. The number of carbonyl (C=O) groups excluding carboxylic acids is 1. The summed E-state index contributed by atoms with van der Waals surface area (Å²) in [6, 6.07) is 1.65. The maximum Gasteiger partial charge on any atom is 0.212 e. The van der Waals surface area contributed by atoms with Crippen LogP contribution in [-0.2, 0) is 4.79 Å². The van der Waals surface area contributed by atoms with Crippen molar-refractivity contribution in [2.45, 2.75) is 44.1 Å². The molecule has 24 heavy (non-hydrogen) atoms. The van der Waals surface area contributed by atoms with Crippen LogP contribution in [0.2, 0.25) is 0 Å². The Bertz CT molecular complexity index is 578. The van der Waals surface area contributed by atoms with E-state index in [-0.39, 0.29) is 18.8 Å². The largest absolute Gasteiger partial charge is 0.395 e. The summed E-state index contributed by atoms with van der Waals surface area (Å²) < 4.78 is 12.8. The van der Waals surface area contributed by atoms with E-state index in [1.54, 1.807) is 30.0 Å². The lowest BCUT2D eigenvalue weighted by atomic mass is 10.0. The van der Waals surface area contributed by atoms with Gasteiger partial charge in [0.15, 0.2) is 0 Å². The summed E-state index contributed by atoms with van der Waals surface area (Å²) in [5, 5.41) is 29.8. The van der Waals surface area contributed by atoms with Crippen molar-refractivity contribution in [3.63, 3.8) is 0 Å². The van der Waals surface area contributed by atoms with Crippen LogP contribution in [0.15, 0.2) is 24.4 Å². The first kappa shape index (κ1) is 18.7. The minimum absolute atomic E-state index is 0.0125. The molecule has 0 spiro atoms. The molecule has 0 aliphatic carbocycles. The molecule has 2 rings (SSSR count). The van der Waals surface area contributed by atoms with Gasteiger partial charge in [0.1, 0.15) is 5.78 Å². The van der Waals surface area contributed by atoms with E-state index in [1.165, 1.54) is 12.3 Å². The smallest absolute Gasteiger partial charge is 0.212 e. The molecule has 7 heteroatoms. The lowest BCUT2D eigenvalue weighted by Crippen LogP contribution is -2.42. The molecule has 1 aromatic rings. The summed E-state index contributed by atoms with van der Waals surface area (Å²) in [6.45, 7) is 1.76. The highest BCUT2D eigenvalue weighted by Gasteiger charge is 2.46. The minimum Gasteiger partial charge on any atom is -0.395 e. The normalized spacial score (nSPS) is 27.9. The third kappa shape index (κ3) is 4.24. The van der Waals surface area contributed by atoms with Crippen LogP contribution in [-0.4, -0.2) is 68.4 Å². The summed E-state index contributed by atoms with van der Waals surface area (Å²) in [4.78, 5) is 17.0. The van der Waals surface area contributed by atoms with Crippen molar-refractivity contribution in [3.05, 3.63) is 35.9 Å². The van der Waals surface area contributed by atoms with Crippen molar-refractivity contribution >= 4 is 11.9 Å². The highest BCUT2D eigenvalue weighted by Crippen LogP contribution is 2.28. The van der Waals surface area contributed by atoms with Crippen molar-refractivity contribution in [3.8, 4) is 0 Å². The molecule has 1 saturated heterocycles. The minimum atomic E-state index is -1.11. The Kier molecular flexibility index (Phi) is 6.56. The van der Waals surface area contributed by atoms with Gasteiger partial charge in [-0.3, -0.25) is 9.69 Å². The van der Waals surface area contributed by atoms with E-state index >= 15 is 0 Å². The number of pyridine rings is 1. The molecule has 4 atom stereocenters. The number of aliphatic hydroxyl groups excluding tert-OH is 3. The first-order chi connectivity index (χ1) is 11.5. The zero-order valence-electron chi connectivity index (χ0n) is 13.5. The Morgan fingerprint density at radius 1 is 1.33 bits per heavy atom. The van der Waals surface area contributed by atoms with Gasteiger partial charge >= 0.3 is 0 Å². The zero-order valence-corrected chi connectivity index (χ0v) is 13.5. The van der Waals surface area contributed by atoms with Gasteiger partial charge in [0, 0.05) is 31.6 Å². The lowest BCUT2D eigenvalue weighted by Gasteiger charge is -2.28. The number of likely N-dealkylation sites (tertiary alicyclic amines) is 1. The highest BCUT2D eigenvalue weighted by molar-refractivity contribution is 5.78. The number of aromatic nitrogens is 1. The summed E-state index contributed by atoms with van der Waals surface area (Å²) in [6.07, 6.45) is 3.18. The average Bonchev–Trinajstić information content (AvgIpc) is 2.80. The van der Waals surface area contributed by atoms with Gasteiger partial charge in [0.05, 0.1) is 24.9 Å². The van der Waals surface area contributed by atoms with Gasteiger partial charge < -0.3 is 15.3 Å². The van der Waals surface area contributed by atoms with Crippen molar-refractivity contribution in [1.82, 2.24) is 9.88 Å².